The van der Waals surface area contributed by atoms with E-state index in [2.05, 4.69) is 37.9 Å². The van der Waals surface area contributed by atoms with Gasteiger partial charge in [-0.25, -0.2) is 4.39 Å². The molecule has 0 heterocycles. The van der Waals surface area contributed by atoms with Crippen LogP contribution in [0.3, 0.4) is 0 Å². The van der Waals surface area contributed by atoms with Crippen molar-refractivity contribution in [1.82, 2.24) is 5.32 Å². The third-order valence-electron chi connectivity index (χ3n) is 3.22. The second-order valence-corrected chi connectivity index (χ2v) is 5.81. The first-order valence-corrected chi connectivity index (χ1v) is 7.20. The lowest BCUT2D eigenvalue weighted by Crippen LogP contribution is -2.41. The van der Waals surface area contributed by atoms with Crippen molar-refractivity contribution in [1.29, 1.82) is 0 Å². The van der Waals surface area contributed by atoms with Gasteiger partial charge in [-0.3, -0.25) is 0 Å². The molecule has 1 aromatic carbocycles. The largest absolute Gasteiger partial charge is 0.369 e. The predicted octanol–water partition coefficient (Wildman–Crippen LogP) is 3.68. The molecule has 0 amide bonds. The van der Waals surface area contributed by atoms with E-state index in [1.54, 1.807) is 6.07 Å². The van der Waals surface area contributed by atoms with E-state index in [1.807, 2.05) is 12.1 Å². The summed E-state index contributed by atoms with van der Waals surface area (Å²) in [5, 5.41) is 3.45. The molecule has 0 unspecified atom stereocenters. The molecule has 0 aromatic heterocycles. The zero-order valence-corrected chi connectivity index (χ0v) is 12.7. The molecule has 0 saturated heterocycles. The fourth-order valence-corrected chi connectivity index (χ4v) is 2.25. The number of para-hydroxylation sites is 1. The summed E-state index contributed by atoms with van der Waals surface area (Å²) in [5.41, 5.74) is 0.821. The molecule has 1 rings (SSSR count). The minimum absolute atomic E-state index is 0.119. The number of benzene rings is 1. The van der Waals surface area contributed by atoms with Crippen LogP contribution in [-0.4, -0.2) is 26.2 Å². The fraction of sp³-hybridized carbons (Fsp3) is 0.625. The van der Waals surface area contributed by atoms with E-state index < -0.39 is 0 Å². The van der Waals surface area contributed by atoms with Crippen LogP contribution in [0.5, 0.6) is 0 Å². The summed E-state index contributed by atoms with van der Waals surface area (Å²) in [6, 6.07) is 7.01. The molecule has 1 N–H and O–H groups in total. The minimum Gasteiger partial charge on any atom is -0.369 e. The highest BCUT2D eigenvalue weighted by Crippen LogP contribution is 2.23. The molecule has 0 fully saturated rings. The number of nitrogens with one attached hydrogen (secondary N) is 1. The smallest absolute Gasteiger partial charge is 0.146 e. The Kier molecular flexibility index (Phi) is 6.29. The Morgan fingerprint density at radius 1 is 1.21 bits per heavy atom. The molecule has 0 saturated carbocycles. The maximum Gasteiger partial charge on any atom is 0.146 e. The lowest BCUT2D eigenvalue weighted by molar-refractivity contribution is 0.342. The van der Waals surface area contributed by atoms with Crippen molar-refractivity contribution in [2.24, 2.45) is 5.41 Å². The fourth-order valence-electron chi connectivity index (χ4n) is 2.25. The van der Waals surface area contributed by atoms with Gasteiger partial charge in [-0.1, -0.05) is 32.9 Å². The zero-order valence-electron chi connectivity index (χ0n) is 12.7. The van der Waals surface area contributed by atoms with Crippen LogP contribution < -0.4 is 10.2 Å². The number of hydrogen-bond acceptors (Lipinski definition) is 2. The summed E-state index contributed by atoms with van der Waals surface area (Å²) in [6.45, 7) is 12.3. The van der Waals surface area contributed by atoms with Gasteiger partial charge in [-0.15, -0.1) is 0 Å². The van der Waals surface area contributed by atoms with Gasteiger partial charge in [-0.05, 0) is 37.4 Å². The first-order valence-electron chi connectivity index (χ1n) is 7.20. The Hall–Kier alpha value is -1.09. The molecule has 0 atom stereocenters. The summed E-state index contributed by atoms with van der Waals surface area (Å²) in [5.74, 6) is -0.137. The normalized spacial score (nSPS) is 11.6. The van der Waals surface area contributed by atoms with Gasteiger partial charge in [0.05, 0.1) is 5.69 Å². The van der Waals surface area contributed by atoms with E-state index >= 15 is 0 Å². The zero-order chi connectivity index (χ0) is 14.3. The highest BCUT2D eigenvalue weighted by atomic mass is 19.1. The van der Waals surface area contributed by atoms with Crippen molar-refractivity contribution >= 4 is 5.69 Å². The van der Waals surface area contributed by atoms with Crippen LogP contribution in [0.2, 0.25) is 0 Å². The highest BCUT2D eigenvalue weighted by Gasteiger charge is 2.22. The number of rotatable bonds is 8. The molecule has 2 nitrogen and oxygen atoms in total. The van der Waals surface area contributed by atoms with Gasteiger partial charge >= 0.3 is 0 Å². The molecule has 1 aromatic rings. The number of hydrogen-bond donors (Lipinski definition) is 1. The molecule has 3 heteroatoms. The first-order chi connectivity index (χ1) is 9.00. The molecular weight excluding hydrogens is 239 g/mol. The number of halogens is 1. The lowest BCUT2D eigenvalue weighted by atomic mass is 9.92. The Morgan fingerprint density at radius 3 is 2.47 bits per heavy atom. The first kappa shape index (κ1) is 16.0. The molecule has 0 aliphatic carbocycles. The van der Waals surface area contributed by atoms with Gasteiger partial charge in [0.1, 0.15) is 5.82 Å². The van der Waals surface area contributed by atoms with Crippen molar-refractivity contribution in [3.05, 3.63) is 30.1 Å². The third kappa shape index (κ3) is 5.19. The van der Waals surface area contributed by atoms with Crippen LogP contribution in [0.4, 0.5) is 10.1 Å². The van der Waals surface area contributed by atoms with Crippen molar-refractivity contribution in [2.45, 2.75) is 34.1 Å². The second-order valence-electron chi connectivity index (χ2n) is 5.81. The molecule has 19 heavy (non-hydrogen) atoms. The van der Waals surface area contributed by atoms with E-state index in [0.717, 1.165) is 32.6 Å². The van der Waals surface area contributed by atoms with Crippen LogP contribution in [0.1, 0.15) is 34.1 Å². The average Bonchev–Trinajstić information content (AvgIpc) is 2.37. The quantitative estimate of drug-likeness (QED) is 0.722. The van der Waals surface area contributed by atoms with Gasteiger partial charge in [0.2, 0.25) is 0 Å². The van der Waals surface area contributed by atoms with Gasteiger partial charge in [-0.2, -0.15) is 0 Å². The summed E-state index contributed by atoms with van der Waals surface area (Å²) >= 11 is 0. The molecule has 0 spiro atoms. The van der Waals surface area contributed by atoms with Crippen molar-refractivity contribution in [2.75, 3.05) is 31.1 Å². The van der Waals surface area contributed by atoms with Crippen LogP contribution in [-0.2, 0) is 0 Å². The maximum absolute atomic E-state index is 13.9. The molecule has 108 valence electrons. The Morgan fingerprint density at radius 2 is 1.89 bits per heavy atom. The van der Waals surface area contributed by atoms with Crippen molar-refractivity contribution in [3.63, 3.8) is 0 Å². The van der Waals surface area contributed by atoms with Crippen LogP contribution >= 0.6 is 0 Å². The van der Waals surface area contributed by atoms with E-state index in [9.17, 15) is 4.39 Å². The van der Waals surface area contributed by atoms with Gasteiger partial charge in [0.15, 0.2) is 0 Å². The van der Waals surface area contributed by atoms with E-state index in [0.29, 0.717) is 5.69 Å². The SMILES string of the molecule is CCCNCC(C)(C)CN(CC)c1ccccc1F. The van der Waals surface area contributed by atoms with Gasteiger partial charge < -0.3 is 10.2 Å². The molecule has 0 aliphatic rings. The standard InChI is InChI=1S/C16H27FN2/c1-5-11-18-12-16(3,4)13-19(6-2)15-10-8-7-9-14(15)17/h7-10,18H,5-6,11-13H2,1-4H3. The number of anilines is 1. The lowest BCUT2D eigenvalue weighted by Gasteiger charge is -2.34. The third-order valence-corrected chi connectivity index (χ3v) is 3.22. The van der Waals surface area contributed by atoms with Gasteiger partial charge in [0.25, 0.3) is 0 Å². The van der Waals surface area contributed by atoms with E-state index in [-0.39, 0.29) is 11.2 Å². The number of nitrogens with zero attached hydrogens (tertiary/aromatic N) is 1. The van der Waals surface area contributed by atoms with Crippen LogP contribution in [0.15, 0.2) is 24.3 Å². The minimum atomic E-state index is -0.137. The van der Waals surface area contributed by atoms with Crippen LogP contribution in [0.25, 0.3) is 0 Å². The Balaban J connectivity index is 2.68. The topological polar surface area (TPSA) is 15.3 Å². The van der Waals surface area contributed by atoms with E-state index in [1.165, 1.54) is 6.07 Å². The summed E-state index contributed by atoms with van der Waals surface area (Å²) in [6.07, 6.45) is 1.14. The summed E-state index contributed by atoms with van der Waals surface area (Å²) in [4.78, 5) is 2.11. The van der Waals surface area contributed by atoms with Gasteiger partial charge in [0, 0.05) is 19.6 Å². The van der Waals surface area contributed by atoms with Crippen LogP contribution in [0, 0.1) is 11.2 Å². The highest BCUT2D eigenvalue weighted by molar-refractivity contribution is 5.47. The molecule has 0 bridgehead atoms. The van der Waals surface area contributed by atoms with Crippen molar-refractivity contribution < 1.29 is 4.39 Å². The Labute approximate surface area is 117 Å². The second kappa shape index (κ2) is 7.49. The summed E-state index contributed by atoms with van der Waals surface area (Å²) < 4.78 is 13.9. The molecule has 0 aliphatic heterocycles. The Bertz CT molecular complexity index is 377. The average molecular weight is 266 g/mol. The van der Waals surface area contributed by atoms with Crippen molar-refractivity contribution in [3.8, 4) is 0 Å². The molecular formula is C16H27FN2. The molecule has 0 radical (unpaired) electrons. The predicted molar refractivity (Wildman–Crippen MR) is 81.2 cm³/mol. The summed E-state index contributed by atoms with van der Waals surface area (Å²) in [7, 11) is 0. The monoisotopic (exact) mass is 266 g/mol. The van der Waals surface area contributed by atoms with E-state index in [4.69, 9.17) is 0 Å². The maximum atomic E-state index is 13.9.